The summed E-state index contributed by atoms with van der Waals surface area (Å²) in [7, 11) is -3.57. The van der Waals surface area contributed by atoms with E-state index in [0.717, 1.165) is 10.8 Å². The second-order valence-electron chi connectivity index (χ2n) is 10.6. The molecular formula is C23H37ClOSi2. The highest BCUT2D eigenvalue weighted by Crippen LogP contribution is 2.44. The number of hydrogen-bond acceptors (Lipinski definition) is 1. The predicted molar refractivity (Wildman–Crippen MR) is 126 cm³/mol. The Morgan fingerprint density at radius 3 is 1.85 bits per heavy atom. The summed E-state index contributed by atoms with van der Waals surface area (Å²) in [6.07, 6.45) is -0.677. The number of aliphatic hydroxyl groups excluding tert-OH is 1. The molecule has 1 rings (SSSR count). The van der Waals surface area contributed by atoms with Gasteiger partial charge in [0.15, 0.2) is 0 Å². The molecule has 0 fully saturated rings. The van der Waals surface area contributed by atoms with E-state index in [-0.39, 0.29) is 10.1 Å². The van der Waals surface area contributed by atoms with Gasteiger partial charge in [0.25, 0.3) is 0 Å². The maximum atomic E-state index is 11.2. The largest absolute Gasteiger partial charge is 0.384 e. The molecule has 0 heterocycles. The fourth-order valence-electron chi connectivity index (χ4n) is 2.29. The smallest absolute Gasteiger partial charge is 0.104 e. The summed E-state index contributed by atoms with van der Waals surface area (Å²) in [6, 6.07) is 7.47. The van der Waals surface area contributed by atoms with Crippen LogP contribution in [0, 0.1) is 0 Å². The molecule has 0 saturated heterocycles. The first-order chi connectivity index (χ1) is 12.0. The molecule has 1 N–H and O–H groups in total. The van der Waals surface area contributed by atoms with Gasteiger partial charge in [0.2, 0.25) is 0 Å². The molecule has 1 unspecified atom stereocenters. The Kier molecular flexibility index (Phi) is 7.44. The van der Waals surface area contributed by atoms with Gasteiger partial charge in [-0.25, -0.2) is 0 Å². The first-order valence-electron chi connectivity index (χ1n) is 9.67. The lowest BCUT2D eigenvalue weighted by Crippen LogP contribution is -2.41. The topological polar surface area (TPSA) is 20.2 Å². The van der Waals surface area contributed by atoms with Gasteiger partial charge < -0.3 is 5.11 Å². The molecule has 1 aromatic carbocycles. The molecule has 1 nitrogen and oxygen atoms in total. The lowest BCUT2D eigenvalue weighted by molar-refractivity contribution is 0.222. The Morgan fingerprint density at radius 2 is 1.44 bits per heavy atom. The Morgan fingerprint density at radius 1 is 0.963 bits per heavy atom. The quantitative estimate of drug-likeness (QED) is 0.390. The molecule has 0 aliphatic carbocycles. The summed E-state index contributed by atoms with van der Waals surface area (Å²) in [5.41, 5.74) is 9.90. The summed E-state index contributed by atoms with van der Waals surface area (Å²) in [5.74, 6) is 0. The molecule has 27 heavy (non-hydrogen) atoms. The highest BCUT2D eigenvalue weighted by Gasteiger charge is 2.42. The second kappa shape index (κ2) is 8.29. The van der Waals surface area contributed by atoms with Crippen molar-refractivity contribution in [3.05, 3.63) is 57.2 Å². The number of benzene rings is 1. The highest BCUT2D eigenvalue weighted by atomic mass is 35.5. The number of aliphatic hydroxyl groups is 1. The fraction of sp³-hybridized carbons (Fsp3) is 0.565. The van der Waals surface area contributed by atoms with Crippen molar-refractivity contribution in [3.63, 3.8) is 0 Å². The molecule has 0 aliphatic heterocycles. The van der Waals surface area contributed by atoms with Gasteiger partial charge in [-0.1, -0.05) is 103 Å². The average molecular weight is 421 g/mol. The van der Waals surface area contributed by atoms with E-state index in [1.54, 1.807) is 0 Å². The Balaban J connectivity index is 3.61. The van der Waals surface area contributed by atoms with Gasteiger partial charge in [-0.15, -0.1) is 0 Å². The van der Waals surface area contributed by atoms with Crippen molar-refractivity contribution in [2.75, 3.05) is 0 Å². The maximum Gasteiger partial charge on any atom is 0.104 e. The van der Waals surface area contributed by atoms with Gasteiger partial charge in [-0.05, 0) is 38.7 Å². The molecule has 0 saturated carbocycles. The van der Waals surface area contributed by atoms with Crippen molar-refractivity contribution in [3.8, 4) is 0 Å². The van der Waals surface area contributed by atoms with E-state index >= 15 is 0 Å². The van der Waals surface area contributed by atoms with Crippen LogP contribution in [-0.4, -0.2) is 21.3 Å². The molecule has 150 valence electrons. The summed E-state index contributed by atoms with van der Waals surface area (Å²) >= 11 is 6.03. The van der Waals surface area contributed by atoms with Crippen molar-refractivity contribution >= 4 is 27.7 Å². The van der Waals surface area contributed by atoms with Crippen LogP contribution in [0.5, 0.6) is 0 Å². The van der Waals surface area contributed by atoms with E-state index in [1.165, 1.54) is 0 Å². The number of hydrogen-bond donors (Lipinski definition) is 1. The van der Waals surface area contributed by atoms with Gasteiger partial charge in [-0.3, -0.25) is 0 Å². The molecule has 0 bridgehead atoms. The van der Waals surface area contributed by atoms with Crippen LogP contribution >= 0.6 is 11.6 Å². The summed E-state index contributed by atoms with van der Waals surface area (Å²) < 4.78 is 0. The third-order valence-corrected chi connectivity index (χ3v) is 17.1. The minimum Gasteiger partial charge on any atom is -0.384 e. The van der Waals surface area contributed by atoms with Crippen molar-refractivity contribution in [1.82, 2.24) is 0 Å². The zero-order valence-corrected chi connectivity index (χ0v) is 21.5. The van der Waals surface area contributed by atoms with E-state index in [4.69, 9.17) is 11.6 Å². The summed E-state index contributed by atoms with van der Waals surface area (Å²) in [4.78, 5) is 0. The molecule has 0 radical (unpaired) electrons. The molecular weight excluding hydrogens is 384 g/mol. The van der Waals surface area contributed by atoms with Crippen molar-refractivity contribution in [2.45, 2.75) is 83.9 Å². The normalized spacial score (nSPS) is 14.2. The Hall–Kier alpha value is -0.796. The van der Waals surface area contributed by atoms with Crippen LogP contribution in [0.4, 0.5) is 0 Å². The molecule has 0 aliphatic rings. The molecule has 0 spiro atoms. The van der Waals surface area contributed by atoms with Crippen LogP contribution in [0.1, 0.15) is 53.2 Å². The molecule has 0 aromatic heterocycles. The number of rotatable bonds is 4. The van der Waals surface area contributed by atoms with Gasteiger partial charge in [0.1, 0.15) is 6.10 Å². The molecule has 4 heteroatoms. The van der Waals surface area contributed by atoms with E-state index < -0.39 is 22.3 Å². The van der Waals surface area contributed by atoms with Gasteiger partial charge in [-0.2, -0.15) is 0 Å². The Labute approximate surface area is 173 Å². The van der Waals surface area contributed by atoms with Crippen LogP contribution in [0.2, 0.25) is 41.3 Å². The standard InChI is InChI=1S/C23H37ClOSi2/c1-22(2,3)26(7,8)17-11-12-20(27(9,10)23(4,5)6)21(25)18-13-15-19(24)16-14-18/h13-17,21,25H,1-10H3. The monoisotopic (exact) mass is 420 g/mol. The van der Waals surface area contributed by atoms with Gasteiger partial charge in [0.05, 0.1) is 16.1 Å². The maximum absolute atomic E-state index is 11.2. The van der Waals surface area contributed by atoms with Crippen molar-refractivity contribution in [2.24, 2.45) is 0 Å². The van der Waals surface area contributed by atoms with Gasteiger partial charge >= 0.3 is 0 Å². The zero-order valence-electron chi connectivity index (χ0n) is 18.8. The second-order valence-corrected chi connectivity index (χ2v) is 21.6. The van der Waals surface area contributed by atoms with E-state index in [2.05, 4.69) is 84.9 Å². The van der Waals surface area contributed by atoms with Crippen LogP contribution < -0.4 is 0 Å². The Bertz CT molecular complexity index is 749. The van der Waals surface area contributed by atoms with Crippen molar-refractivity contribution < 1.29 is 5.11 Å². The number of halogens is 1. The minimum atomic E-state index is -1.98. The van der Waals surface area contributed by atoms with Crippen LogP contribution in [0.3, 0.4) is 0 Å². The average Bonchev–Trinajstić information content (AvgIpc) is 2.49. The highest BCUT2D eigenvalue weighted by molar-refractivity contribution is 6.87. The molecule has 1 aromatic rings. The van der Waals surface area contributed by atoms with Gasteiger partial charge in [0, 0.05) is 5.02 Å². The van der Waals surface area contributed by atoms with Crippen molar-refractivity contribution in [1.29, 1.82) is 0 Å². The lowest BCUT2D eigenvalue weighted by atomic mass is 10.1. The van der Waals surface area contributed by atoms with E-state index in [0.29, 0.717) is 5.02 Å². The zero-order chi connectivity index (χ0) is 21.3. The lowest BCUT2D eigenvalue weighted by Gasteiger charge is -2.39. The SMILES string of the molecule is CC(C)(C)[Si](C)(C)C=C=C=C(C(O)c1ccc(Cl)cc1)[Si](C)(C)C(C)(C)C. The molecule has 1 atom stereocenters. The summed E-state index contributed by atoms with van der Waals surface area (Å²) in [5, 5.41) is 13.2. The minimum absolute atomic E-state index is 0.0986. The fourth-order valence-corrected chi connectivity index (χ4v) is 5.33. The first-order valence-corrected chi connectivity index (χ1v) is 16.1. The van der Waals surface area contributed by atoms with Crippen LogP contribution in [0.15, 0.2) is 46.6 Å². The first kappa shape index (κ1) is 24.2. The third-order valence-electron chi connectivity index (χ3n) is 6.58. The van der Waals surface area contributed by atoms with Crippen LogP contribution in [-0.2, 0) is 0 Å². The third kappa shape index (κ3) is 5.84. The molecule has 0 amide bonds. The van der Waals surface area contributed by atoms with Crippen LogP contribution in [0.25, 0.3) is 0 Å². The predicted octanol–water partition coefficient (Wildman–Crippen LogP) is 7.71. The van der Waals surface area contributed by atoms with E-state index in [9.17, 15) is 5.11 Å². The summed E-state index contributed by atoms with van der Waals surface area (Å²) in [6.45, 7) is 23.0. The van der Waals surface area contributed by atoms with E-state index in [1.807, 2.05) is 24.3 Å².